The minimum Gasteiger partial charge on any atom is -0.389 e. The van der Waals surface area contributed by atoms with Crippen molar-refractivity contribution < 1.29 is 8.42 Å². The second-order valence-electron chi connectivity index (χ2n) is 5.28. The fourth-order valence-corrected chi connectivity index (χ4v) is 4.78. The van der Waals surface area contributed by atoms with Gasteiger partial charge in [0.1, 0.15) is 9.20 Å². The van der Waals surface area contributed by atoms with Crippen molar-refractivity contribution in [3.05, 3.63) is 17.0 Å². The molecule has 1 fully saturated rings. The van der Waals surface area contributed by atoms with Crippen LogP contribution < -0.4 is 10.5 Å². The molecular formula is C12H19N3O2S3. The lowest BCUT2D eigenvalue weighted by Crippen LogP contribution is -2.57. The van der Waals surface area contributed by atoms with Crippen LogP contribution in [0.5, 0.6) is 0 Å². The van der Waals surface area contributed by atoms with E-state index in [2.05, 4.69) is 9.62 Å². The number of nitrogens with two attached hydrogens (primary N) is 1. The maximum absolute atomic E-state index is 12.3. The molecule has 0 spiro atoms. The monoisotopic (exact) mass is 333 g/mol. The molecule has 0 amide bonds. The highest BCUT2D eigenvalue weighted by atomic mass is 32.2. The van der Waals surface area contributed by atoms with Gasteiger partial charge < -0.3 is 10.6 Å². The molecule has 0 radical (unpaired) electrons. The summed E-state index contributed by atoms with van der Waals surface area (Å²) in [6.07, 6.45) is 3.18. The number of nitrogens with one attached hydrogen (secondary N) is 1. The van der Waals surface area contributed by atoms with Crippen LogP contribution in [0.1, 0.15) is 24.1 Å². The van der Waals surface area contributed by atoms with Gasteiger partial charge in [-0.3, -0.25) is 0 Å². The summed E-state index contributed by atoms with van der Waals surface area (Å²) < 4.78 is 27.5. The molecule has 0 atom stereocenters. The Morgan fingerprint density at radius 3 is 2.55 bits per heavy atom. The van der Waals surface area contributed by atoms with Crippen LogP contribution in [0.15, 0.2) is 16.3 Å². The van der Waals surface area contributed by atoms with Gasteiger partial charge in [-0.1, -0.05) is 12.2 Å². The molecule has 5 nitrogen and oxygen atoms in total. The van der Waals surface area contributed by atoms with Crippen LogP contribution in [-0.4, -0.2) is 44.5 Å². The molecule has 3 N–H and O–H groups in total. The van der Waals surface area contributed by atoms with Crippen LogP contribution >= 0.6 is 23.6 Å². The van der Waals surface area contributed by atoms with E-state index < -0.39 is 10.0 Å². The summed E-state index contributed by atoms with van der Waals surface area (Å²) in [7, 11) is 0.490. The number of likely N-dealkylation sites (N-methyl/N-ethyl adjacent to an activating group) is 1. The third kappa shape index (κ3) is 3.04. The summed E-state index contributed by atoms with van der Waals surface area (Å²) in [4.78, 5) is 2.94. The molecule has 1 aromatic heterocycles. The van der Waals surface area contributed by atoms with Gasteiger partial charge in [0, 0.05) is 12.1 Å². The van der Waals surface area contributed by atoms with Gasteiger partial charge in [0.15, 0.2) is 0 Å². The summed E-state index contributed by atoms with van der Waals surface area (Å²) in [5.41, 5.74) is 5.46. The zero-order chi connectivity index (χ0) is 15.0. The van der Waals surface area contributed by atoms with Crippen molar-refractivity contribution in [3.63, 3.8) is 0 Å². The molecule has 0 unspecified atom stereocenters. The first-order chi connectivity index (χ1) is 9.27. The third-order valence-corrected chi connectivity index (χ3v) is 7.27. The van der Waals surface area contributed by atoms with Crippen LogP contribution in [0.3, 0.4) is 0 Å². The van der Waals surface area contributed by atoms with Crippen molar-refractivity contribution >= 4 is 38.6 Å². The average Bonchev–Trinajstić information content (AvgIpc) is 2.76. The highest BCUT2D eigenvalue weighted by Gasteiger charge is 2.39. The molecule has 0 bridgehead atoms. The van der Waals surface area contributed by atoms with Crippen LogP contribution in [0.4, 0.5) is 0 Å². The first-order valence-corrected chi connectivity index (χ1v) is 9.04. The highest BCUT2D eigenvalue weighted by molar-refractivity contribution is 7.91. The Morgan fingerprint density at radius 2 is 2.15 bits per heavy atom. The van der Waals surface area contributed by atoms with Gasteiger partial charge in [0.05, 0.1) is 4.88 Å². The molecule has 1 aliphatic rings. The number of hydrogen-bond donors (Lipinski definition) is 2. The molecule has 8 heteroatoms. The fourth-order valence-electron chi connectivity index (χ4n) is 2.26. The Labute approximate surface area is 129 Å². The third-order valence-electron chi connectivity index (χ3n) is 3.91. The van der Waals surface area contributed by atoms with Crippen molar-refractivity contribution in [3.8, 4) is 0 Å². The van der Waals surface area contributed by atoms with Gasteiger partial charge in [0.2, 0.25) is 10.0 Å². The largest absolute Gasteiger partial charge is 0.389 e. The molecule has 0 aliphatic heterocycles. The normalized spacial score (nSPS) is 17.9. The second kappa shape index (κ2) is 5.69. The summed E-state index contributed by atoms with van der Waals surface area (Å²) in [6.45, 7) is 0.433. The molecule has 2 rings (SSSR count). The van der Waals surface area contributed by atoms with E-state index in [1.54, 1.807) is 12.1 Å². The Kier molecular flexibility index (Phi) is 4.50. The van der Waals surface area contributed by atoms with E-state index in [0.717, 1.165) is 30.6 Å². The predicted molar refractivity (Wildman–Crippen MR) is 85.7 cm³/mol. The molecule has 1 saturated carbocycles. The van der Waals surface area contributed by atoms with Crippen molar-refractivity contribution in [1.29, 1.82) is 0 Å². The quantitative estimate of drug-likeness (QED) is 0.764. The van der Waals surface area contributed by atoms with Gasteiger partial charge in [-0.05, 0) is 45.5 Å². The van der Waals surface area contributed by atoms with E-state index in [1.165, 1.54) is 0 Å². The number of hydrogen-bond acceptors (Lipinski definition) is 5. The van der Waals surface area contributed by atoms with Crippen LogP contribution in [0.2, 0.25) is 0 Å². The number of rotatable bonds is 6. The maximum Gasteiger partial charge on any atom is 0.250 e. The lowest BCUT2D eigenvalue weighted by atomic mass is 9.76. The Balaban J connectivity index is 2.09. The van der Waals surface area contributed by atoms with Gasteiger partial charge in [0.25, 0.3) is 0 Å². The molecule has 0 aromatic carbocycles. The van der Waals surface area contributed by atoms with Crippen LogP contribution in [0, 0.1) is 0 Å². The summed E-state index contributed by atoms with van der Waals surface area (Å²) in [5.74, 6) is 0. The van der Waals surface area contributed by atoms with Crippen molar-refractivity contribution in [2.45, 2.75) is 29.0 Å². The molecule has 0 saturated heterocycles. The minimum atomic E-state index is -3.49. The minimum absolute atomic E-state index is 0.0453. The Bertz CT molecular complexity index is 603. The predicted octanol–water partition coefficient (Wildman–Crippen LogP) is 1.14. The topological polar surface area (TPSA) is 75.4 Å². The highest BCUT2D eigenvalue weighted by Crippen LogP contribution is 2.35. The Hall–Kier alpha value is -0.540. The van der Waals surface area contributed by atoms with Crippen molar-refractivity contribution in [1.82, 2.24) is 9.62 Å². The van der Waals surface area contributed by atoms with E-state index in [9.17, 15) is 8.42 Å². The summed E-state index contributed by atoms with van der Waals surface area (Å²) in [5, 5.41) is 0. The van der Waals surface area contributed by atoms with Crippen molar-refractivity contribution in [2.24, 2.45) is 5.73 Å². The summed E-state index contributed by atoms with van der Waals surface area (Å²) in [6, 6.07) is 3.19. The smallest absolute Gasteiger partial charge is 0.250 e. The molecule has 1 heterocycles. The standard InChI is InChI=1S/C12H19N3O2S3/c1-15(2)12(6-3-7-12)8-14-20(16,17)10-5-4-9(19-10)11(13)18/h4-5,14H,3,6-8H2,1-2H3,(H2,13,18). The zero-order valence-corrected chi connectivity index (χ0v) is 14.0. The molecule has 1 aliphatic carbocycles. The first kappa shape index (κ1) is 15.8. The van der Waals surface area contributed by atoms with Gasteiger partial charge in [-0.2, -0.15) is 0 Å². The zero-order valence-electron chi connectivity index (χ0n) is 11.5. The Morgan fingerprint density at radius 1 is 1.50 bits per heavy atom. The van der Waals surface area contributed by atoms with E-state index in [1.807, 2.05) is 14.1 Å². The molecule has 1 aromatic rings. The number of thiocarbonyl (C=S) groups is 1. The number of thiophene rings is 1. The van der Waals surface area contributed by atoms with E-state index in [0.29, 0.717) is 11.4 Å². The van der Waals surface area contributed by atoms with Crippen molar-refractivity contribution in [2.75, 3.05) is 20.6 Å². The first-order valence-electron chi connectivity index (χ1n) is 6.34. The number of nitrogens with zero attached hydrogens (tertiary/aromatic N) is 1. The van der Waals surface area contributed by atoms with E-state index in [-0.39, 0.29) is 14.7 Å². The molecule has 112 valence electrons. The average molecular weight is 334 g/mol. The lowest BCUT2D eigenvalue weighted by Gasteiger charge is -2.47. The van der Waals surface area contributed by atoms with Gasteiger partial charge >= 0.3 is 0 Å². The second-order valence-corrected chi connectivity index (χ2v) is 8.80. The van der Waals surface area contributed by atoms with Crippen LogP contribution in [0.25, 0.3) is 0 Å². The van der Waals surface area contributed by atoms with Gasteiger partial charge in [-0.25, -0.2) is 13.1 Å². The van der Waals surface area contributed by atoms with E-state index in [4.69, 9.17) is 18.0 Å². The lowest BCUT2D eigenvalue weighted by molar-refractivity contribution is 0.0657. The van der Waals surface area contributed by atoms with E-state index >= 15 is 0 Å². The fraction of sp³-hybridized carbons (Fsp3) is 0.583. The van der Waals surface area contributed by atoms with Crippen LogP contribution in [-0.2, 0) is 10.0 Å². The summed E-state index contributed by atoms with van der Waals surface area (Å²) >= 11 is 5.95. The molecule has 20 heavy (non-hydrogen) atoms. The SMILES string of the molecule is CN(C)C1(CNS(=O)(=O)c2ccc(C(N)=S)s2)CCC1. The molecular weight excluding hydrogens is 314 g/mol. The number of sulfonamides is 1. The van der Waals surface area contributed by atoms with Gasteiger partial charge in [-0.15, -0.1) is 11.3 Å². The maximum atomic E-state index is 12.3.